The number of amides is 1. The molecule has 2 aromatic heterocycles. The van der Waals surface area contributed by atoms with Crippen LogP contribution in [-0.4, -0.2) is 75.7 Å². The van der Waals surface area contributed by atoms with E-state index in [0.717, 1.165) is 65.4 Å². The first-order valence-electron chi connectivity index (χ1n) is 15.8. The molecule has 0 aliphatic carbocycles. The number of halogens is 3. The number of ether oxygens (including phenoxy) is 1. The van der Waals surface area contributed by atoms with Crippen molar-refractivity contribution in [3.8, 4) is 5.75 Å². The van der Waals surface area contributed by atoms with Gasteiger partial charge in [0.2, 0.25) is 5.91 Å². The number of aliphatic carboxylic acids is 1. The van der Waals surface area contributed by atoms with Crippen LogP contribution in [0.15, 0.2) is 85.1 Å². The Kier molecular flexibility index (Phi) is 11.7. The van der Waals surface area contributed by atoms with E-state index in [0.29, 0.717) is 19.5 Å². The van der Waals surface area contributed by atoms with Gasteiger partial charge >= 0.3 is 12.1 Å². The molecule has 3 aromatic carbocycles. The van der Waals surface area contributed by atoms with Gasteiger partial charge in [0.25, 0.3) is 0 Å². The zero-order chi connectivity index (χ0) is 34.8. The number of methoxy groups -OCH3 is 1. The second-order valence-corrected chi connectivity index (χ2v) is 11.5. The van der Waals surface area contributed by atoms with Gasteiger partial charge in [-0.2, -0.15) is 13.2 Å². The van der Waals surface area contributed by atoms with Crippen molar-refractivity contribution in [2.45, 2.75) is 44.1 Å². The van der Waals surface area contributed by atoms with Gasteiger partial charge in [0, 0.05) is 49.6 Å². The lowest BCUT2D eigenvalue weighted by Gasteiger charge is -2.27. The number of hydrogen-bond donors (Lipinski definition) is 5. The Bertz CT molecular complexity index is 1820. The number of aromatic nitrogens is 4. The van der Waals surface area contributed by atoms with E-state index >= 15 is 0 Å². The lowest BCUT2D eigenvalue weighted by molar-refractivity contribution is -0.192. The average Bonchev–Trinajstić information content (AvgIpc) is 3.71. The maximum atomic E-state index is 13.5. The molecule has 258 valence electrons. The van der Waals surface area contributed by atoms with Crippen LogP contribution in [0.2, 0.25) is 0 Å². The fourth-order valence-corrected chi connectivity index (χ4v) is 5.62. The Balaban J connectivity index is 0.000000606. The number of nitrogens with zero attached hydrogens (tertiary/aromatic N) is 3. The number of carboxylic acid groups (broad SMARTS) is 1. The average molecular weight is 678 g/mol. The van der Waals surface area contributed by atoms with Gasteiger partial charge in [0.15, 0.2) is 5.82 Å². The summed E-state index contributed by atoms with van der Waals surface area (Å²) in [5.74, 6) is -0.356. The number of carbonyl (C=O) groups is 2. The van der Waals surface area contributed by atoms with Gasteiger partial charge in [-0.05, 0) is 41.3 Å². The van der Waals surface area contributed by atoms with Crippen molar-refractivity contribution in [3.05, 3.63) is 113 Å². The van der Waals surface area contributed by atoms with Crippen molar-refractivity contribution in [2.75, 3.05) is 26.7 Å². The minimum atomic E-state index is -5.08. The lowest BCUT2D eigenvalue weighted by Crippen LogP contribution is -2.56. The molecule has 3 heterocycles. The van der Waals surface area contributed by atoms with Gasteiger partial charge in [-0.25, -0.2) is 4.79 Å². The van der Waals surface area contributed by atoms with Crippen molar-refractivity contribution in [1.82, 2.24) is 35.7 Å². The van der Waals surface area contributed by atoms with E-state index in [4.69, 9.17) is 24.8 Å². The second kappa shape index (κ2) is 16.3. The number of piperazine rings is 1. The van der Waals surface area contributed by atoms with Crippen molar-refractivity contribution in [3.63, 3.8) is 0 Å². The summed E-state index contributed by atoms with van der Waals surface area (Å²) in [5.41, 5.74) is 4.54. The third-order valence-corrected chi connectivity index (χ3v) is 8.16. The number of benzene rings is 3. The van der Waals surface area contributed by atoms with E-state index in [2.05, 4.69) is 74.0 Å². The molecule has 5 aromatic rings. The van der Waals surface area contributed by atoms with E-state index < -0.39 is 12.1 Å². The van der Waals surface area contributed by atoms with Crippen LogP contribution in [0.5, 0.6) is 5.75 Å². The summed E-state index contributed by atoms with van der Waals surface area (Å²) in [6.45, 7) is 2.78. The largest absolute Gasteiger partial charge is 0.497 e. The maximum absolute atomic E-state index is 13.5. The molecular formula is C35H38F3N7O4. The van der Waals surface area contributed by atoms with Gasteiger partial charge < -0.3 is 35.3 Å². The topological polar surface area (TPSA) is 146 Å². The highest BCUT2D eigenvalue weighted by Gasteiger charge is 2.38. The van der Waals surface area contributed by atoms with E-state index in [1.807, 2.05) is 36.5 Å². The molecule has 0 saturated carbocycles. The zero-order valence-electron chi connectivity index (χ0n) is 26.8. The molecule has 11 nitrogen and oxygen atoms in total. The standard InChI is InChI=1S/C33H37N7O2.C2HF3O2/c1-42-26-14-11-24(12-15-26)22-40-31(16-13-23-7-3-2-4-8-23)38-39-32(40)29(37-33(41)30-21-34-17-18-35-30)19-25-20-36-28-10-6-5-9-27(25)28;3-2(4,5)1(6)7/h2-12,14-15,20,29-30,34-36H,13,16-19,21-22H2,1H3,(H,37,41);(H,6,7)/t29-,30?;/m1./s1. The van der Waals surface area contributed by atoms with Crippen LogP contribution >= 0.6 is 0 Å². The number of aryl methyl sites for hydroxylation is 2. The predicted molar refractivity (Wildman–Crippen MR) is 177 cm³/mol. The number of alkyl halides is 3. The van der Waals surface area contributed by atoms with Crippen LogP contribution < -0.4 is 20.7 Å². The predicted octanol–water partition coefficient (Wildman–Crippen LogP) is 4.20. The van der Waals surface area contributed by atoms with Crippen molar-refractivity contribution >= 4 is 22.8 Å². The highest BCUT2D eigenvalue weighted by molar-refractivity contribution is 5.84. The molecule has 49 heavy (non-hydrogen) atoms. The van der Waals surface area contributed by atoms with Gasteiger partial charge in [-0.3, -0.25) is 4.79 Å². The first-order valence-corrected chi connectivity index (χ1v) is 15.8. The summed E-state index contributed by atoms with van der Waals surface area (Å²) >= 11 is 0. The number of carbonyl (C=O) groups excluding carboxylic acids is 1. The minimum Gasteiger partial charge on any atom is -0.497 e. The van der Waals surface area contributed by atoms with Crippen LogP contribution in [-0.2, 0) is 35.4 Å². The second-order valence-electron chi connectivity index (χ2n) is 11.5. The number of fused-ring (bicyclic) bond motifs is 1. The van der Waals surface area contributed by atoms with Crippen LogP contribution in [0.1, 0.15) is 34.4 Å². The first kappa shape index (κ1) is 35.1. The van der Waals surface area contributed by atoms with Crippen LogP contribution in [0.4, 0.5) is 13.2 Å². The van der Waals surface area contributed by atoms with Crippen molar-refractivity contribution in [1.29, 1.82) is 0 Å². The number of nitrogens with one attached hydrogen (secondary N) is 4. The number of carboxylic acids is 1. The van der Waals surface area contributed by atoms with E-state index in [1.54, 1.807) is 7.11 Å². The van der Waals surface area contributed by atoms with E-state index in [1.165, 1.54) is 5.56 Å². The molecule has 0 spiro atoms. The summed E-state index contributed by atoms with van der Waals surface area (Å²) in [7, 11) is 1.67. The number of hydrogen-bond acceptors (Lipinski definition) is 7. The Hall–Kier alpha value is -5.21. The Morgan fingerprint density at radius 3 is 2.37 bits per heavy atom. The Labute approximate surface area is 280 Å². The normalized spacial score (nSPS) is 15.2. The smallest absolute Gasteiger partial charge is 0.490 e. The molecule has 2 atom stereocenters. The third kappa shape index (κ3) is 9.45. The maximum Gasteiger partial charge on any atom is 0.490 e. The molecular weight excluding hydrogens is 639 g/mol. The van der Waals surface area contributed by atoms with Gasteiger partial charge in [-0.15, -0.1) is 10.2 Å². The van der Waals surface area contributed by atoms with Crippen LogP contribution in [0.25, 0.3) is 10.9 Å². The molecule has 1 aliphatic rings. The molecule has 1 saturated heterocycles. The Morgan fingerprint density at radius 2 is 1.69 bits per heavy atom. The molecule has 14 heteroatoms. The summed E-state index contributed by atoms with van der Waals surface area (Å²) in [6.07, 6.45) is -0.895. The molecule has 1 unspecified atom stereocenters. The summed E-state index contributed by atoms with van der Waals surface area (Å²) in [6, 6.07) is 26.0. The number of H-pyrrole nitrogens is 1. The van der Waals surface area contributed by atoms with Crippen LogP contribution in [0.3, 0.4) is 0 Å². The van der Waals surface area contributed by atoms with Gasteiger partial charge in [0.1, 0.15) is 11.6 Å². The third-order valence-electron chi connectivity index (χ3n) is 8.16. The van der Waals surface area contributed by atoms with Crippen molar-refractivity contribution < 1.29 is 32.6 Å². The molecule has 1 aliphatic heterocycles. The number of para-hydroxylation sites is 1. The van der Waals surface area contributed by atoms with E-state index in [-0.39, 0.29) is 18.0 Å². The van der Waals surface area contributed by atoms with Gasteiger partial charge in [0.05, 0.1) is 25.7 Å². The zero-order valence-corrected chi connectivity index (χ0v) is 26.8. The monoisotopic (exact) mass is 677 g/mol. The quantitative estimate of drug-likeness (QED) is 0.140. The number of aromatic amines is 1. The van der Waals surface area contributed by atoms with E-state index in [9.17, 15) is 18.0 Å². The highest BCUT2D eigenvalue weighted by atomic mass is 19.4. The molecule has 0 bridgehead atoms. The molecule has 5 N–H and O–H groups in total. The molecule has 1 amide bonds. The highest BCUT2D eigenvalue weighted by Crippen LogP contribution is 2.26. The lowest BCUT2D eigenvalue weighted by atomic mass is 10.0. The SMILES string of the molecule is COc1ccc(Cn2c(CCc3ccccc3)nnc2[C@@H](Cc2c[nH]c3ccccc23)NC(=O)C2CNCCN2)cc1.O=C(O)C(F)(F)F. The molecule has 0 radical (unpaired) electrons. The summed E-state index contributed by atoms with van der Waals surface area (Å²) < 4.78 is 39.3. The van der Waals surface area contributed by atoms with Crippen LogP contribution in [0, 0.1) is 0 Å². The summed E-state index contributed by atoms with van der Waals surface area (Å²) in [4.78, 5) is 25.8. The minimum absolute atomic E-state index is 0.0446. The van der Waals surface area contributed by atoms with Crippen molar-refractivity contribution in [2.24, 2.45) is 0 Å². The van der Waals surface area contributed by atoms with Gasteiger partial charge in [-0.1, -0.05) is 60.7 Å². The number of rotatable bonds is 11. The fourth-order valence-electron chi connectivity index (χ4n) is 5.62. The Morgan fingerprint density at radius 1 is 0.980 bits per heavy atom. The fraction of sp³-hybridized carbons (Fsp3) is 0.314. The molecule has 1 fully saturated rings. The molecule has 6 rings (SSSR count). The summed E-state index contributed by atoms with van der Waals surface area (Å²) in [5, 5.41) is 27.7. The first-order chi connectivity index (χ1) is 23.6.